The quantitative estimate of drug-likeness (QED) is 0.719. The molecule has 0 aliphatic rings. The highest BCUT2D eigenvalue weighted by Crippen LogP contribution is 2.27. The van der Waals surface area contributed by atoms with E-state index in [0.29, 0.717) is 33.8 Å². The number of nitrogens with one attached hydrogen (secondary N) is 2. The normalized spacial score (nSPS) is 11.7. The summed E-state index contributed by atoms with van der Waals surface area (Å²) < 4.78 is 10.6. The fourth-order valence-corrected chi connectivity index (χ4v) is 2.88. The Hall–Kier alpha value is -1.95. The molecular weight excluding hydrogens is 375 g/mol. The first-order chi connectivity index (χ1) is 12.4. The molecule has 0 fully saturated rings. The second-order valence-corrected chi connectivity index (χ2v) is 6.84. The van der Waals surface area contributed by atoms with Crippen molar-refractivity contribution < 1.29 is 19.2 Å². The first-order valence-corrected chi connectivity index (χ1v) is 8.95. The van der Waals surface area contributed by atoms with Gasteiger partial charge in [-0.3, -0.25) is 4.79 Å². The van der Waals surface area contributed by atoms with E-state index in [2.05, 4.69) is 5.32 Å². The van der Waals surface area contributed by atoms with Crippen LogP contribution in [-0.4, -0.2) is 40.3 Å². The lowest BCUT2D eigenvalue weighted by Gasteiger charge is -2.15. The van der Waals surface area contributed by atoms with Crippen LogP contribution in [0.2, 0.25) is 10.0 Å². The summed E-state index contributed by atoms with van der Waals surface area (Å²) in [4.78, 5) is 13.3. The Morgan fingerprint density at radius 3 is 2.50 bits per heavy atom. The molecule has 0 aliphatic heterocycles. The van der Waals surface area contributed by atoms with Crippen molar-refractivity contribution in [1.29, 1.82) is 0 Å². The molecule has 2 rings (SSSR count). The zero-order valence-electron chi connectivity index (χ0n) is 15.1. The molecule has 2 aromatic rings. The standard InChI is InChI=1S/C19H22Cl2N2O3/c1-23(9-8-13-4-7-17(25-2)18(10-13)26-3)12-19(24)22-16-11-14(20)5-6-15(16)21/h4-7,10-11H,8-9,12H2,1-3H3,(H,22,24)/p+1. The largest absolute Gasteiger partial charge is 0.493 e. The van der Waals surface area contributed by atoms with Crippen molar-refractivity contribution in [3.8, 4) is 11.5 Å². The van der Waals surface area contributed by atoms with Gasteiger partial charge in [0, 0.05) is 11.4 Å². The molecule has 0 saturated heterocycles. The van der Waals surface area contributed by atoms with Crippen LogP contribution in [0.15, 0.2) is 36.4 Å². The summed E-state index contributed by atoms with van der Waals surface area (Å²) in [5, 5.41) is 3.79. The van der Waals surface area contributed by atoms with E-state index < -0.39 is 0 Å². The van der Waals surface area contributed by atoms with Gasteiger partial charge in [0.05, 0.1) is 38.5 Å². The zero-order chi connectivity index (χ0) is 19.1. The molecule has 0 aromatic heterocycles. The van der Waals surface area contributed by atoms with Gasteiger partial charge in [0.2, 0.25) is 0 Å². The van der Waals surface area contributed by atoms with E-state index in [0.717, 1.165) is 23.4 Å². The molecule has 0 heterocycles. The third kappa shape index (κ3) is 5.80. The molecule has 1 atom stereocenters. The van der Waals surface area contributed by atoms with Crippen LogP contribution in [0.25, 0.3) is 0 Å². The van der Waals surface area contributed by atoms with Gasteiger partial charge in [-0.25, -0.2) is 0 Å². The number of carbonyl (C=O) groups is 1. The number of benzene rings is 2. The van der Waals surface area contributed by atoms with Gasteiger partial charge in [0.25, 0.3) is 5.91 Å². The van der Waals surface area contributed by atoms with Crippen LogP contribution >= 0.6 is 23.2 Å². The van der Waals surface area contributed by atoms with Crippen molar-refractivity contribution in [3.05, 3.63) is 52.0 Å². The molecule has 1 unspecified atom stereocenters. The number of hydrogen-bond donors (Lipinski definition) is 2. The molecule has 5 nitrogen and oxygen atoms in total. The molecular formula is C19H23Cl2N2O3+. The predicted molar refractivity (Wildman–Crippen MR) is 105 cm³/mol. The van der Waals surface area contributed by atoms with Crippen LogP contribution in [0.4, 0.5) is 5.69 Å². The highest BCUT2D eigenvalue weighted by molar-refractivity contribution is 6.35. The maximum absolute atomic E-state index is 12.2. The molecule has 0 aliphatic carbocycles. The third-order valence-electron chi connectivity index (χ3n) is 3.95. The molecule has 7 heteroatoms. The number of quaternary nitrogens is 1. The zero-order valence-corrected chi connectivity index (χ0v) is 16.6. The van der Waals surface area contributed by atoms with E-state index >= 15 is 0 Å². The second-order valence-electron chi connectivity index (χ2n) is 6.00. The minimum absolute atomic E-state index is 0.112. The monoisotopic (exact) mass is 397 g/mol. The smallest absolute Gasteiger partial charge is 0.279 e. The van der Waals surface area contributed by atoms with Crippen molar-refractivity contribution >= 4 is 34.8 Å². The van der Waals surface area contributed by atoms with Crippen molar-refractivity contribution in [2.45, 2.75) is 6.42 Å². The number of methoxy groups -OCH3 is 2. The molecule has 140 valence electrons. The molecule has 1 amide bonds. The van der Waals surface area contributed by atoms with Crippen molar-refractivity contribution in [2.75, 3.05) is 39.7 Å². The number of rotatable bonds is 8. The summed E-state index contributed by atoms with van der Waals surface area (Å²) in [7, 11) is 5.20. The number of likely N-dealkylation sites (N-methyl/N-ethyl adjacent to an activating group) is 1. The van der Waals surface area contributed by atoms with E-state index in [1.165, 1.54) is 0 Å². The van der Waals surface area contributed by atoms with Gasteiger partial charge >= 0.3 is 0 Å². The van der Waals surface area contributed by atoms with Crippen LogP contribution in [0.1, 0.15) is 5.56 Å². The van der Waals surface area contributed by atoms with Gasteiger partial charge in [-0.05, 0) is 35.9 Å². The lowest BCUT2D eigenvalue weighted by molar-refractivity contribution is -0.870. The molecule has 2 N–H and O–H groups in total. The second kappa shape index (κ2) is 9.67. The summed E-state index contributed by atoms with van der Waals surface area (Å²) in [6, 6.07) is 10.8. The first-order valence-electron chi connectivity index (χ1n) is 8.20. The van der Waals surface area contributed by atoms with Crippen LogP contribution in [-0.2, 0) is 11.2 Å². The summed E-state index contributed by atoms with van der Waals surface area (Å²) in [5.41, 5.74) is 1.65. The number of ether oxygens (including phenoxy) is 2. The first kappa shape index (κ1) is 20.4. The SMILES string of the molecule is COc1ccc(CC[NH+](C)CC(=O)Nc2cc(Cl)ccc2Cl)cc1OC. The molecule has 0 radical (unpaired) electrons. The topological polar surface area (TPSA) is 52.0 Å². The maximum atomic E-state index is 12.2. The van der Waals surface area contributed by atoms with E-state index in [1.54, 1.807) is 32.4 Å². The number of halogens is 2. The highest BCUT2D eigenvalue weighted by atomic mass is 35.5. The average molecular weight is 398 g/mol. The molecule has 2 aromatic carbocycles. The van der Waals surface area contributed by atoms with Crippen LogP contribution in [0.3, 0.4) is 0 Å². The van der Waals surface area contributed by atoms with Crippen molar-refractivity contribution in [2.24, 2.45) is 0 Å². The summed E-state index contributed by atoms with van der Waals surface area (Å²) in [6.45, 7) is 1.13. The van der Waals surface area contributed by atoms with Crippen molar-refractivity contribution in [1.82, 2.24) is 0 Å². The van der Waals surface area contributed by atoms with E-state index in [-0.39, 0.29) is 5.91 Å². The molecule has 0 saturated carbocycles. The molecule has 26 heavy (non-hydrogen) atoms. The van der Waals surface area contributed by atoms with Gasteiger partial charge in [-0.15, -0.1) is 0 Å². The minimum Gasteiger partial charge on any atom is -0.493 e. The lowest BCUT2D eigenvalue weighted by Crippen LogP contribution is -3.10. The Balaban J connectivity index is 1.87. The summed E-state index contributed by atoms with van der Waals surface area (Å²) in [6.07, 6.45) is 0.817. The summed E-state index contributed by atoms with van der Waals surface area (Å²) in [5.74, 6) is 1.30. The van der Waals surface area contributed by atoms with E-state index in [9.17, 15) is 4.79 Å². The Morgan fingerprint density at radius 1 is 1.08 bits per heavy atom. The van der Waals surface area contributed by atoms with Gasteiger partial charge in [0.1, 0.15) is 0 Å². The Labute approximate surface area is 163 Å². The third-order valence-corrected chi connectivity index (χ3v) is 4.52. The molecule has 0 spiro atoms. The van der Waals surface area contributed by atoms with E-state index in [1.807, 2.05) is 25.2 Å². The number of amides is 1. The minimum atomic E-state index is -0.112. The fraction of sp³-hybridized carbons (Fsp3) is 0.316. The highest BCUT2D eigenvalue weighted by Gasteiger charge is 2.13. The van der Waals surface area contributed by atoms with Gasteiger partial charge < -0.3 is 19.7 Å². The average Bonchev–Trinajstić information content (AvgIpc) is 2.62. The predicted octanol–water partition coefficient (Wildman–Crippen LogP) is 2.71. The Kier molecular flexibility index (Phi) is 7.57. The van der Waals surface area contributed by atoms with Gasteiger partial charge in [-0.1, -0.05) is 29.3 Å². The van der Waals surface area contributed by atoms with Crippen LogP contribution in [0.5, 0.6) is 11.5 Å². The van der Waals surface area contributed by atoms with Crippen LogP contribution in [0, 0.1) is 0 Å². The maximum Gasteiger partial charge on any atom is 0.279 e. The van der Waals surface area contributed by atoms with Crippen LogP contribution < -0.4 is 19.7 Å². The number of carbonyl (C=O) groups excluding carboxylic acids is 1. The Morgan fingerprint density at radius 2 is 1.81 bits per heavy atom. The number of hydrogen-bond acceptors (Lipinski definition) is 3. The van der Waals surface area contributed by atoms with E-state index in [4.69, 9.17) is 32.7 Å². The molecule has 0 bridgehead atoms. The summed E-state index contributed by atoms with van der Waals surface area (Å²) >= 11 is 12.0. The fourth-order valence-electron chi connectivity index (χ4n) is 2.54. The Bertz CT molecular complexity index is 768. The van der Waals surface area contributed by atoms with Gasteiger partial charge in [0.15, 0.2) is 18.0 Å². The van der Waals surface area contributed by atoms with Crippen molar-refractivity contribution in [3.63, 3.8) is 0 Å². The van der Waals surface area contributed by atoms with Gasteiger partial charge in [-0.2, -0.15) is 0 Å². The number of anilines is 1. The lowest BCUT2D eigenvalue weighted by atomic mass is 10.1.